The molecule has 1 heterocycles. The minimum atomic E-state index is -0.365. The summed E-state index contributed by atoms with van der Waals surface area (Å²) in [6.45, 7) is 0.250. The number of amides is 1. The second-order valence-corrected chi connectivity index (χ2v) is 8.51. The van der Waals surface area contributed by atoms with Crippen LogP contribution in [0.1, 0.15) is 21.6 Å². The van der Waals surface area contributed by atoms with Crippen molar-refractivity contribution < 1.29 is 9.18 Å². The van der Waals surface area contributed by atoms with Crippen molar-refractivity contribution in [1.29, 1.82) is 5.26 Å². The van der Waals surface area contributed by atoms with Crippen LogP contribution in [-0.2, 0) is 13.0 Å². The van der Waals surface area contributed by atoms with Crippen LogP contribution in [0.5, 0.6) is 0 Å². The monoisotopic (exact) mass is 492 g/mol. The van der Waals surface area contributed by atoms with Crippen LogP contribution in [0.2, 0.25) is 10.0 Å². The fourth-order valence-corrected chi connectivity index (χ4v) is 4.03. The summed E-state index contributed by atoms with van der Waals surface area (Å²) < 4.78 is 14.9. The van der Waals surface area contributed by atoms with Gasteiger partial charge in [-0.15, -0.1) is 0 Å². The van der Waals surface area contributed by atoms with E-state index in [1.165, 1.54) is 17.0 Å². The number of carbonyl (C=O) groups is 1. The summed E-state index contributed by atoms with van der Waals surface area (Å²) in [5, 5.41) is 15.2. The van der Waals surface area contributed by atoms with Gasteiger partial charge in [0.25, 0.3) is 5.91 Å². The lowest BCUT2D eigenvalue weighted by atomic mass is 10.0. The summed E-state index contributed by atoms with van der Waals surface area (Å²) in [6.07, 6.45) is -0.0339. The van der Waals surface area contributed by atoms with Gasteiger partial charge in [0, 0.05) is 29.7 Å². The molecule has 5 nitrogen and oxygen atoms in total. The molecule has 8 heteroatoms. The van der Waals surface area contributed by atoms with Crippen LogP contribution in [0, 0.1) is 17.1 Å². The lowest BCUT2D eigenvalue weighted by molar-refractivity contribution is 0.0778. The zero-order chi connectivity index (χ0) is 24.2. The number of halogens is 3. The van der Waals surface area contributed by atoms with E-state index in [4.69, 9.17) is 23.2 Å². The molecule has 0 fully saturated rings. The Morgan fingerprint density at radius 2 is 1.74 bits per heavy atom. The van der Waals surface area contributed by atoms with Crippen molar-refractivity contribution in [3.8, 4) is 23.0 Å². The first-order valence-corrected chi connectivity index (χ1v) is 11.1. The van der Waals surface area contributed by atoms with Gasteiger partial charge < -0.3 is 4.90 Å². The Morgan fingerprint density at radius 3 is 2.38 bits per heavy atom. The summed E-state index contributed by atoms with van der Waals surface area (Å²) in [5.41, 5.74) is 3.31. The molecule has 34 heavy (non-hydrogen) atoms. The molecule has 1 amide bonds. The Morgan fingerprint density at radius 1 is 1.06 bits per heavy atom. The number of hydrogen-bond donors (Lipinski definition) is 0. The molecule has 4 rings (SSSR count). The first-order valence-electron chi connectivity index (χ1n) is 10.4. The summed E-state index contributed by atoms with van der Waals surface area (Å²) in [4.78, 5) is 15.0. The van der Waals surface area contributed by atoms with E-state index in [1.54, 1.807) is 54.2 Å². The molecule has 3 aromatic carbocycles. The first-order chi connectivity index (χ1) is 16.4. The predicted octanol–water partition coefficient (Wildman–Crippen LogP) is 6.32. The van der Waals surface area contributed by atoms with E-state index in [1.807, 2.05) is 18.2 Å². The average molecular weight is 493 g/mol. The van der Waals surface area contributed by atoms with E-state index < -0.39 is 0 Å². The highest BCUT2D eigenvalue weighted by Crippen LogP contribution is 2.33. The number of rotatable bonds is 6. The number of hydrogen-bond acceptors (Lipinski definition) is 3. The first kappa shape index (κ1) is 23.5. The molecule has 1 aromatic heterocycles. The number of nitriles is 1. The molecule has 4 aromatic rings. The third kappa shape index (κ3) is 4.81. The molecule has 0 spiro atoms. The van der Waals surface area contributed by atoms with Crippen molar-refractivity contribution in [2.45, 2.75) is 13.0 Å². The quantitative estimate of drug-likeness (QED) is 0.316. The number of nitrogens with zero attached hydrogens (tertiary/aromatic N) is 4. The van der Waals surface area contributed by atoms with Crippen molar-refractivity contribution in [3.63, 3.8) is 0 Å². The topological polar surface area (TPSA) is 61.9 Å². The van der Waals surface area contributed by atoms with E-state index in [0.29, 0.717) is 27.0 Å². The van der Waals surface area contributed by atoms with Gasteiger partial charge in [-0.1, -0.05) is 59.6 Å². The summed E-state index contributed by atoms with van der Waals surface area (Å²) in [7, 11) is 1.64. The van der Waals surface area contributed by atoms with E-state index in [2.05, 4.69) is 11.2 Å². The number of carbonyl (C=O) groups excluding carboxylic acids is 1. The van der Waals surface area contributed by atoms with E-state index in [-0.39, 0.29) is 30.4 Å². The summed E-state index contributed by atoms with van der Waals surface area (Å²) >= 11 is 12.6. The van der Waals surface area contributed by atoms with E-state index in [0.717, 1.165) is 11.1 Å². The lowest BCUT2D eigenvalue weighted by Gasteiger charge is -2.16. The SMILES string of the molecule is CN(Cc1ccc(F)cc1)C(=O)c1nn(-c2ccccc2Cl)c(-c2ccc(Cl)cc2)c1CC#N. The van der Waals surface area contributed by atoms with Crippen LogP contribution in [0.25, 0.3) is 16.9 Å². The molecule has 0 unspecified atom stereocenters. The van der Waals surface area contributed by atoms with Gasteiger partial charge >= 0.3 is 0 Å². The van der Waals surface area contributed by atoms with Gasteiger partial charge in [0.1, 0.15) is 5.82 Å². The molecule has 0 aliphatic carbocycles. The molecule has 0 N–H and O–H groups in total. The third-order valence-electron chi connectivity index (χ3n) is 5.32. The largest absolute Gasteiger partial charge is 0.336 e. The van der Waals surface area contributed by atoms with Gasteiger partial charge in [0.05, 0.1) is 28.9 Å². The van der Waals surface area contributed by atoms with Crippen LogP contribution < -0.4 is 0 Å². The molecule has 0 aliphatic heterocycles. The van der Waals surface area contributed by atoms with Crippen molar-refractivity contribution in [3.05, 3.63) is 105 Å². The van der Waals surface area contributed by atoms with Crippen molar-refractivity contribution in [1.82, 2.24) is 14.7 Å². The third-order valence-corrected chi connectivity index (χ3v) is 5.89. The van der Waals surface area contributed by atoms with E-state index >= 15 is 0 Å². The normalized spacial score (nSPS) is 10.7. The highest BCUT2D eigenvalue weighted by molar-refractivity contribution is 6.32. The van der Waals surface area contributed by atoms with Gasteiger partial charge in [-0.2, -0.15) is 10.4 Å². The Labute approximate surface area is 206 Å². The molecule has 0 atom stereocenters. The predicted molar refractivity (Wildman–Crippen MR) is 131 cm³/mol. The van der Waals surface area contributed by atoms with Gasteiger partial charge in [0.15, 0.2) is 5.69 Å². The summed E-state index contributed by atoms with van der Waals surface area (Å²) in [5.74, 6) is -0.712. The Bertz CT molecular complexity index is 1380. The lowest BCUT2D eigenvalue weighted by Crippen LogP contribution is -2.27. The highest BCUT2D eigenvalue weighted by Gasteiger charge is 2.27. The van der Waals surface area contributed by atoms with Gasteiger partial charge in [-0.25, -0.2) is 9.07 Å². The smallest absolute Gasteiger partial charge is 0.274 e. The molecular formula is C26H19Cl2FN4O. The Balaban J connectivity index is 1.85. The molecular weight excluding hydrogens is 474 g/mol. The van der Waals surface area contributed by atoms with Crippen molar-refractivity contribution in [2.24, 2.45) is 0 Å². The molecule has 170 valence electrons. The standard InChI is InChI=1S/C26H19Cl2FN4O/c1-32(16-17-6-12-20(29)13-7-17)26(34)24-21(14-15-30)25(18-8-10-19(27)11-9-18)33(31-24)23-5-3-2-4-22(23)28/h2-13H,14,16H2,1H3. The molecule has 0 aliphatic rings. The van der Waals surface area contributed by atoms with Gasteiger partial charge in [-0.3, -0.25) is 4.79 Å². The Hall–Kier alpha value is -3.66. The zero-order valence-corrected chi connectivity index (χ0v) is 19.7. The van der Waals surface area contributed by atoms with Crippen LogP contribution in [0.4, 0.5) is 4.39 Å². The fourth-order valence-electron chi connectivity index (χ4n) is 3.69. The Kier molecular flexibility index (Phi) is 6.97. The minimum absolute atomic E-state index is 0.0339. The molecule has 0 bridgehead atoms. The van der Waals surface area contributed by atoms with Crippen molar-refractivity contribution >= 4 is 29.1 Å². The second-order valence-electron chi connectivity index (χ2n) is 7.67. The van der Waals surface area contributed by atoms with Crippen LogP contribution >= 0.6 is 23.2 Å². The maximum Gasteiger partial charge on any atom is 0.274 e. The van der Waals surface area contributed by atoms with Crippen LogP contribution in [0.3, 0.4) is 0 Å². The summed E-state index contributed by atoms with van der Waals surface area (Å²) in [6, 6.07) is 22.3. The number of para-hydroxylation sites is 1. The molecule has 0 saturated heterocycles. The maximum absolute atomic E-state index is 13.5. The second kappa shape index (κ2) is 10.1. The maximum atomic E-state index is 13.5. The molecule has 0 radical (unpaired) electrons. The fraction of sp³-hybridized carbons (Fsp3) is 0.115. The zero-order valence-electron chi connectivity index (χ0n) is 18.2. The van der Waals surface area contributed by atoms with Crippen LogP contribution in [-0.4, -0.2) is 27.6 Å². The van der Waals surface area contributed by atoms with E-state index in [9.17, 15) is 14.4 Å². The molecule has 0 saturated carbocycles. The number of benzene rings is 3. The number of aromatic nitrogens is 2. The van der Waals surface area contributed by atoms with Gasteiger partial charge in [-0.05, 0) is 42.0 Å². The van der Waals surface area contributed by atoms with Crippen molar-refractivity contribution in [2.75, 3.05) is 7.05 Å². The minimum Gasteiger partial charge on any atom is -0.336 e. The average Bonchev–Trinajstić information content (AvgIpc) is 3.20. The van der Waals surface area contributed by atoms with Gasteiger partial charge in [0.2, 0.25) is 0 Å². The van der Waals surface area contributed by atoms with Crippen LogP contribution in [0.15, 0.2) is 72.8 Å². The highest BCUT2D eigenvalue weighted by atomic mass is 35.5.